The number of rotatable bonds is 5. The number of carbonyl (C=O) groups excluding carboxylic acids is 1. The van der Waals surface area contributed by atoms with Crippen LogP contribution in [0.4, 0.5) is 4.79 Å². The Morgan fingerprint density at radius 2 is 2.33 bits per heavy atom. The summed E-state index contributed by atoms with van der Waals surface area (Å²) in [6.07, 6.45) is 5.66. The molecule has 0 aliphatic rings. The molecule has 0 aromatic carbocycles. The van der Waals surface area contributed by atoms with Crippen molar-refractivity contribution in [3.63, 3.8) is 0 Å². The van der Waals surface area contributed by atoms with Crippen molar-refractivity contribution in [3.8, 4) is 0 Å². The van der Waals surface area contributed by atoms with Crippen LogP contribution in [0.5, 0.6) is 0 Å². The Hall–Kier alpha value is -1.52. The molecule has 0 unspecified atom stereocenters. The number of aromatic nitrogens is 2. The van der Waals surface area contributed by atoms with Crippen molar-refractivity contribution in [2.45, 2.75) is 26.3 Å². The van der Waals surface area contributed by atoms with Crippen LogP contribution in [-0.2, 0) is 13.6 Å². The molecule has 84 valence electrons. The van der Waals surface area contributed by atoms with Crippen molar-refractivity contribution >= 4 is 6.03 Å². The molecular formula is C10H18N4O. The summed E-state index contributed by atoms with van der Waals surface area (Å²) in [5, 5.41) is 5.53. The number of hydrogen-bond donors (Lipinski definition) is 2. The zero-order chi connectivity index (χ0) is 11.1. The van der Waals surface area contributed by atoms with E-state index in [0.717, 1.165) is 25.2 Å². The SMILES string of the molecule is CCCCNC(=O)NCc1nccn1C. The molecule has 1 aromatic rings. The molecule has 2 amide bonds. The van der Waals surface area contributed by atoms with Gasteiger partial charge in [-0.3, -0.25) is 0 Å². The minimum absolute atomic E-state index is 0.133. The standard InChI is InChI=1S/C10H18N4O/c1-3-4-5-12-10(15)13-8-9-11-6-7-14(9)2/h6-7H,3-5,8H2,1-2H3,(H2,12,13,15). The highest BCUT2D eigenvalue weighted by molar-refractivity contribution is 5.73. The third kappa shape index (κ3) is 4.01. The Morgan fingerprint density at radius 3 is 2.93 bits per heavy atom. The first kappa shape index (κ1) is 11.6. The van der Waals surface area contributed by atoms with Crippen LogP contribution in [-0.4, -0.2) is 22.1 Å². The number of imidazole rings is 1. The van der Waals surface area contributed by atoms with Crippen molar-refractivity contribution in [2.24, 2.45) is 7.05 Å². The maximum atomic E-state index is 11.3. The number of aryl methyl sites for hydroxylation is 1. The Labute approximate surface area is 89.9 Å². The van der Waals surface area contributed by atoms with Gasteiger partial charge in [0.25, 0.3) is 0 Å². The first-order valence-electron chi connectivity index (χ1n) is 5.22. The van der Waals surface area contributed by atoms with Crippen LogP contribution < -0.4 is 10.6 Å². The molecule has 0 atom stereocenters. The van der Waals surface area contributed by atoms with E-state index >= 15 is 0 Å². The molecule has 0 fully saturated rings. The first-order valence-corrected chi connectivity index (χ1v) is 5.22. The zero-order valence-electron chi connectivity index (χ0n) is 9.29. The van der Waals surface area contributed by atoms with Crippen LogP contribution in [0.2, 0.25) is 0 Å². The second-order valence-electron chi connectivity index (χ2n) is 3.42. The average Bonchev–Trinajstić information content (AvgIpc) is 2.61. The van der Waals surface area contributed by atoms with E-state index in [2.05, 4.69) is 22.5 Å². The predicted molar refractivity (Wildman–Crippen MR) is 58.4 cm³/mol. The monoisotopic (exact) mass is 210 g/mol. The normalized spacial score (nSPS) is 10.0. The second-order valence-corrected chi connectivity index (χ2v) is 3.42. The van der Waals surface area contributed by atoms with E-state index in [1.54, 1.807) is 6.20 Å². The third-order valence-corrected chi connectivity index (χ3v) is 2.14. The van der Waals surface area contributed by atoms with Crippen LogP contribution in [0.25, 0.3) is 0 Å². The van der Waals surface area contributed by atoms with Gasteiger partial charge in [0.15, 0.2) is 0 Å². The molecule has 0 bridgehead atoms. The largest absolute Gasteiger partial charge is 0.338 e. The lowest BCUT2D eigenvalue weighted by Crippen LogP contribution is -2.36. The number of amides is 2. The summed E-state index contributed by atoms with van der Waals surface area (Å²) in [5.74, 6) is 0.848. The molecule has 5 heteroatoms. The highest BCUT2D eigenvalue weighted by atomic mass is 16.2. The highest BCUT2D eigenvalue weighted by Crippen LogP contribution is 1.92. The Morgan fingerprint density at radius 1 is 1.53 bits per heavy atom. The van der Waals surface area contributed by atoms with Crippen molar-refractivity contribution in [2.75, 3.05) is 6.54 Å². The van der Waals surface area contributed by atoms with E-state index in [4.69, 9.17) is 0 Å². The quantitative estimate of drug-likeness (QED) is 0.713. The van der Waals surface area contributed by atoms with Gasteiger partial charge in [-0.1, -0.05) is 13.3 Å². The zero-order valence-corrected chi connectivity index (χ0v) is 9.29. The summed E-state index contributed by atoms with van der Waals surface area (Å²) >= 11 is 0. The van der Waals surface area contributed by atoms with E-state index < -0.39 is 0 Å². The summed E-state index contributed by atoms with van der Waals surface area (Å²) in [5.41, 5.74) is 0. The molecule has 1 heterocycles. The lowest BCUT2D eigenvalue weighted by Gasteiger charge is -2.06. The van der Waals surface area contributed by atoms with E-state index in [-0.39, 0.29) is 6.03 Å². The van der Waals surface area contributed by atoms with Gasteiger partial charge in [-0.05, 0) is 6.42 Å². The summed E-state index contributed by atoms with van der Waals surface area (Å²) in [6.45, 7) is 3.28. The number of unbranched alkanes of at least 4 members (excludes halogenated alkanes) is 1. The van der Waals surface area contributed by atoms with Gasteiger partial charge < -0.3 is 15.2 Å². The minimum Gasteiger partial charge on any atom is -0.338 e. The molecule has 2 N–H and O–H groups in total. The number of hydrogen-bond acceptors (Lipinski definition) is 2. The van der Waals surface area contributed by atoms with Crippen LogP contribution in [0.1, 0.15) is 25.6 Å². The Bertz CT molecular complexity index is 308. The smallest absolute Gasteiger partial charge is 0.315 e. The molecule has 1 aromatic heterocycles. The van der Waals surface area contributed by atoms with Crippen LogP contribution in [0, 0.1) is 0 Å². The molecule has 0 aliphatic heterocycles. The maximum absolute atomic E-state index is 11.3. The lowest BCUT2D eigenvalue weighted by atomic mass is 10.3. The molecule has 1 rings (SSSR count). The first-order chi connectivity index (χ1) is 7.24. The van der Waals surface area contributed by atoms with Gasteiger partial charge in [0.2, 0.25) is 0 Å². The topological polar surface area (TPSA) is 59.0 Å². The van der Waals surface area contributed by atoms with Gasteiger partial charge >= 0.3 is 6.03 Å². The summed E-state index contributed by atoms with van der Waals surface area (Å²) in [7, 11) is 1.90. The Kier molecular flexibility index (Phi) is 4.66. The minimum atomic E-state index is -0.133. The average molecular weight is 210 g/mol. The van der Waals surface area contributed by atoms with Crippen molar-refractivity contribution in [1.29, 1.82) is 0 Å². The van der Waals surface area contributed by atoms with Crippen molar-refractivity contribution in [1.82, 2.24) is 20.2 Å². The van der Waals surface area contributed by atoms with E-state index in [1.807, 2.05) is 17.8 Å². The van der Waals surface area contributed by atoms with Gasteiger partial charge in [-0.2, -0.15) is 0 Å². The molecule has 0 spiro atoms. The third-order valence-electron chi connectivity index (χ3n) is 2.14. The molecule has 0 aliphatic carbocycles. The molecule has 5 nitrogen and oxygen atoms in total. The van der Waals surface area contributed by atoms with E-state index in [1.165, 1.54) is 0 Å². The fourth-order valence-electron chi connectivity index (χ4n) is 1.17. The molecule has 0 saturated heterocycles. The number of nitrogens with one attached hydrogen (secondary N) is 2. The fraction of sp³-hybridized carbons (Fsp3) is 0.600. The van der Waals surface area contributed by atoms with Gasteiger partial charge in [-0.25, -0.2) is 9.78 Å². The molecule has 15 heavy (non-hydrogen) atoms. The van der Waals surface area contributed by atoms with Gasteiger partial charge in [0.1, 0.15) is 5.82 Å². The predicted octanol–water partition coefficient (Wildman–Crippen LogP) is 1.02. The highest BCUT2D eigenvalue weighted by Gasteiger charge is 2.02. The van der Waals surface area contributed by atoms with Gasteiger partial charge in [-0.15, -0.1) is 0 Å². The summed E-state index contributed by atoms with van der Waals surface area (Å²) in [4.78, 5) is 15.4. The van der Waals surface area contributed by atoms with E-state index in [9.17, 15) is 4.79 Å². The fourth-order valence-corrected chi connectivity index (χ4v) is 1.17. The number of urea groups is 1. The summed E-state index contributed by atoms with van der Waals surface area (Å²) in [6, 6.07) is -0.133. The van der Waals surface area contributed by atoms with Gasteiger partial charge in [0, 0.05) is 26.0 Å². The second kappa shape index (κ2) is 6.06. The van der Waals surface area contributed by atoms with Crippen LogP contribution >= 0.6 is 0 Å². The van der Waals surface area contributed by atoms with E-state index in [0.29, 0.717) is 6.54 Å². The number of carbonyl (C=O) groups is 1. The molecule has 0 saturated carbocycles. The summed E-state index contributed by atoms with van der Waals surface area (Å²) < 4.78 is 1.88. The van der Waals surface area contributed by atoms with Crippen LogP contribution in [0.15, 0.2) is 12.4 Å². The van der Waals surface area contributed by atoms with Crippen LogP contribution in [0.3, 0.4) is 0 Å². The van der Waals surface area contributed by atoms with Gasteiger partial charge in [0.05, 0.1) is 6.54 Å². The van der Waals surface area contributed by atoms with Crippen molar-refractivity contribution in [3.05, 3.63) is 18.2 Å². The molecule has 0 radical (unpaired) electrons. The number of nitrogens with zero attached hydrogens (tertiary/aromatic N) is 2. The Balaban J connectivity index is 2.20. The lowest BCUT2D eigenvalue weighted by molar-refractivity contribution is 0.240. The molecular weight excluding hydrogens is 192 g/mol. The van der Waals surface area contributed by atoms with Crippen molar-refractivity contribution < 1.29 is 4.79 Å². The maximum Gasteiger partial charge on any atom is 0.315 e.